The van der Waals surface area contributed by atoms with Crippen LogP contribution in [-0.2, 0) is 10.0 Å². The molecule has 0 amide bonds. The van der Waals surface area contributed by atoms with Gasteiger partial charge in [-0.2, -0.15) is 0 Å². The fourth-order valence-corrected chi connectivity index (χ4v) is 4.36. The Morgan fingerprint density at radius 2 is 1.74 bits per heavy atom. The molecule has 1 heterocycles. The summed E-state index contributed by atoms with van der Waals surface area (Å²) < 4.78 is 26.2. The van der Waals surface area contributed by atoms with E-state index in [1.807, 2.05) is 0 Å². The Morgan fingerprint density at radius 3 is 2.37 bits per heavy atom. The molecule has 1 aliphatic heterocycles. The summed E-state index contributed by atoms with van der Waals surface area (Å²) in [5.74, 6) is 0. The lowest BCUT2D eigenvalue weighted by Crippen LogP contribution is -2.27. The van der Waals surface area contributed by atoms with Crippen LogP contribution in [-0.4, -0.2) is 13.5 Å². The summed E-state index contributed by atoms with van der Waals surface area (Å²) in [4.78, 5) is 0.214. The lowest BCUT2D eigenvalue weighted by atomic mass is 10.1. The molecule has 4 nitrogen and oxygen atoms in total. The average Bonchev–Trinajstić information content (AvgIpc) is 2.59. The second-order valence-electron chi connectivity index (χ2n) is 4.50. The molecule has 1 aliphatic rings. The largest absolute Gasteiger partial charge is 0.368 e. The Morgan fingerprint density at radius 1 is 1.05 bits per heavy atom. The number of hydrogen-bond donors (Lipinski definition) is 1. The highest BCUT2D eigenvalue weighted by Gasteiger charge is 2.42. The maximum Gasteiger partial charge on any atom is 0.267 e. The number of benzene rings is 2. The maximum absolute atomic E-state index is 12.6. The van der Waals surface area contributed by atoms with Gasteiger partial charge in [0.1, 0.15) is 0 Å². The third-order valence-electron chi connectivity index (χ3n) is 3.27. The van der Waals surface area contributed by atoms with Gasteiger partial charge in [0, 0.05) is 5.56 Å². The van der Waals surface area contributed by atoms with Crippen LogP contribution >= 0.6 is 0 Å². The van der Waals surface area contributed by atoms with Gasteiger partial charge in [0.2, 0.25) is 0 Å². The molecule has 2 aromatic rings. The van der Waals surface area contributed by atoms with Gasteiger partial charge >= 0.3 is 0 Å². The average molecular weight is 275 g/mol. The van der Waals surface area contributed by atoms with Crippen LogP contribution in [0.3, 0.4) is 0 Å². The van der Waals surface area contributed by atoms with Crippen molar-refractivity contribution in [2.45, 2.75) is 18.0 Å². The summed E-state index contributed by atoms with van der Waals surface area (Å²) in [5, 5.41) is 10.3. The van der Waals surface area contributed by atoms with Crippen LogP contribution in [0.2, 0.25) is 0 Å². The Hall–Kier alpha value is -1.85. The predicted molar refractivity (Wildman–Crippen MR) is 72.2 cm³/mol. The molecule has 0 spiro atoms. The van der Waals surface area contributed by atoms with E-state index in [0.29, 0.717) is 16.8 Å². The van der Waals surface area contributed by atoms with Crippen LogP contribution in [0.15, 0.2) is 53.4 Å². The van der Waals surface area contributed by atoms with Crippen molar-refractivity contribution in [3.05, 3.63) is 59.7 Å². The van der Waals surface area contributed by atoms with E-state index in [1.54, 1.807) is 55.5 Å². The molecular formula is C14H13NO3S. The van der Waals surface area contributed by atoms with Crippen molar-refractivity contribution >= 4 is 15.7 Å². The third kappa shape index (κ3) is 1.66. The van der Waals surface area contributed by atoms with E-state index in [0.717, 1.165) is 4.31 Å². The normalized spacial score (nSPS) is 20.3. The maximum atomic E-state index is 12.6. The molecule has 1 unspecified atom stereocenters. The van der Waals surface area contributed by atoms with E-state index in [2.05, 4.69) is 0 Å². The number of nitrogens with zero attached hydrogens (tertiary/aromatic N) is 1. The molecule has 1 N–H and O–H groups in total. The summed E-state index contributed by atoms with van der Waals surface area (Å²) in [7, 11) is -3.70. The molecule has 0 aromatic heterocycles. The van der Waals surface area contributed by atoms with Crippen molar-refractivity contribution in [2.75, 3.05) is 4.31 Å². The highest BCUT2D eigenvalue weighted by Crippen LogP contribution is 2.42. The second kappa shape index (κ2) is 4.08. The van der Waals surface area contributed by atoms with E-state index < -0.39 is 16.3 Å². The summed E-state index contributed by atoms with van der Waals surface area (Å²) >= 11 is 0. The van der Waals surface area contributed by atoms with Gasteiger partial charge in [0.15, 0.2) is 6.23 Å². The SMILES string of the molecule is Cc1cccc2c1S(=O)(=O)N(c1ccccc1)C2O. The fraction of sp³-hybridized carbons (Fsp3) is 0.143. The molecule has 0 saturated heterocycles. The van der Waals surface area contributed by atoms with E-state index in [4.69, 9.17) is 0 Å². The minimum absolute atomic E-state index is 0.214. The van der Waals surface area contributed by atoms with Crippen LogP contribution in [0.1, 0.15) is 17.4 Å². The lowest BCUT2D eigenvalue weighted by Gasteiger charge is -2.21. The number of rotatable bonds is 1. The molecule has 3 rings (SSSR count). The number of hydrogen-bond acceptors (Lipinski definition) is 3. The molecule has 5 heteroatoms. The summed E-state index contributed by atoms with van der Waals surface area (Å²) in [6.45, 7) is 1.73. The Kier molecular flexibility index (Phi) is 2.62. The second-order valence-corrected chi connectivity index (χ2v) is 6.26. The van der Waals surface area contributed by atoms with Gasteiger partial charge in [-0.25, -0.2) is 12.7 Å². The van der Waals surface area contributed by atoms with Gasteiger partial charge in [0.25, 0.3) is 10.0 Å². The number of fused-ring (bicyclic) bond motifs is 1. The molecule has 0 aliphatic carbocycles. The van der Waals surface area contributed by atoms with Crippen LogP contribution in [0, 0.1) is 6.92 Å². The van der Waals surface area contributed by atoms with Crippen LogP contribution in [0.4, 0.5) is 5.69 Å². The van der Waals surface area contributed by atoms with E-state index >= 15 is 0 Å². The van der Waals surface area contributed by atoms with Crippen molar-refractivity contribution in [1.29, 1.82) is 0 Å². The number of aryl methyl sites for hydroxylation is 1. The van der Waals surface area contributed by atoms with Crippen molar-refractivity contribution < 1.29 is 13.5 Å². The first kappa shape index (κ1) is 12.2. The highest BCUT2D eigenvalue weighted by atomic mass is 32.2. The standard InChI is InChI=1S/C14H13NO3S/c1-10-6-5-9-12-13(10)19(17,18)15(14(12)16)11-7-3-2-4-8-11/h2-9,14,16H,1H3. The molecule has 2 aromatic carbocycles. The Labute approximate surface area is 112 Å². The number of anilines is 1. The van der Waals surface area contributed by atoms with Gasteiger partial charge in [-0.1, -0.05) is 36.4 Å². The number of sulfonamides is 1. The van der Waals surface area contributed by atoms with Gasteiger partial charge in [-0.15, -0.1) is 0 Å². The lowest BCUT2D eigenvalue weighted by molar-refractivity contribution is 0.193. The topological polar surface area (TPSA) is 57.6 Å². The number of aliphatic hydroxyl groups excluding tert-OH is 1. The summed E-state index contributed by atoms with van der Waals surface area (Å²) in [6, 6.07) is 13.8. The Bertz CT molecular complexity index is 726. The van der Waals surface area contributed by atoms with E-state index in [-0.39, 0.29) is 4.90 Å². The van der Waals surface area contributed by atoms with Crippen molar-refractivity contribution in [3.8, 4) is 0 Å². The fourth-order valence-electron chi connectivity index (χ4n) is 2.44. The number of para-hydroxylation sites is 1. The minimum atomic E-state index is -3.70. The number of aliphatic hydroxyl groups is 1. The smallest absolute Gasteiger partial charge is 0.267 e. The monoisotopic (exact) mass is 275 g/mol. The van der Waals surface area contributed by atoms with Crippen molar-refractivity contribution in [1.82, 2.24) is 0 Å². The molecule has 98 valence electrons. The molecule has 0 fully saturated rings. The van der Waals surface area contributed by atoms with Crippen LogP contribution < -0.4 is 4.31 Å². The van der Waals surface area contributed by atoms with Crippen LogP contribution in [0.5, 0.6) is 0 Å². The molecule has 0 saturated carbocycles. The molecule has 0 bridgehead atoms. The highest BCUT2D eigenvalue weighted by molar-refractivity contribution is 7.93. The van der Waals surface area contributed by atoms with Gasteiger partial charge in [-0.3, -0.25) is 0 Å². The van der Waals surface area contributed by atoms with Gasteiger partial charge < -0.3 is 5.11 Å². The van der Waals surface area contributed by atoms with Crippen molar-refractivity contribution in [3.63, 3.8) is 0 Å². The first-order valence-electron chi connectivity index (χ1n) is 5.90. The van der Waals surface area contributed by atoms with Gasteiger partial charge in [0.05, 0.1) is 10.6 Å². The minimum Gasteiger partial charge on any atom is -0.368 e. The zero-order valence-electron chi connectivity index (χ0n) is 10.3. The zero-order chi connectivity index (χ0) is 13.6. The molecular weight excluding hydrogens is 262 g/mol. The predicted octanol–water partition coefficient (Wildman–Crippen LogP) is 2.19. The third-order valence-corrected chi connectivity index (χ3v) is 5.27. The molecule has 19 heavy (non-hydrogen) atoms. The van der Waals surface area contributed by atoms with E-state index in [1.165, 1.54) is 0 Å². The summed E-state index contributed by atoms with van der Waals surface area (Å²) in [5.41, 5.74) is 1.55. The summed E-state index contributed by atoms with van der Waals surface area (Å²) in [6.07, 6.45) is -1.16. The quantitative estimate of drug-likeness (QED) is 0.868. The first-order chi connectivity index (χ1) is 9.03. The van der Waals surface area contributed by atoms with Gasteiger partial charge in [-0.05, 0) is 24.6 Å². The van der Waals surface area contributed by atoms with E-state index in [9.17, 15) is 13.5 Å². The van der Waals surface area contributed by atoms with Crippen LogP contribution in [0.25, 0.3) is 0 Å². The Balaban J connectivity index is 2.25. The first-order valence-corrected chi connectivity index (χ1v) is 7.34. The molecule has 0 radical (unpaired) electrons. The molecule has 1 atom stereocenters. The zero-order valence-corrected chi connectivity index (χ0v) is 11.1. The van der Waals surface area contributed by atoms with Crippen molar-refractivity contribution in [2.24, 2.45) is 0 Å².